The zero-order chi connectivity index (χ0) is 9.80. The fourth-order valence-electron chi connectivity index (χ4n) is 1.08. The molecule has 0 N–H and O–H groups in total. The molecule has 0 aliphatic heterocycles. The summed E-state index contributed by atoms with van der Waals surface area (Å²) in [5.41, 5.74) is 1.04. The van der Waals surface area contributed by atoms with Crippen LogP contribution in [-0.2, 0) is 0 Å². The molecule has 4 heteroatoms. The monoisotopic (exact) mass is 203 g/mol. The van der Waals surface area contributed by atoms with Crippen molar-refractivity contribution >= 4 is 22.6 Å². The van der Waals surface area contributed by atoms with Gasteiger partial charge in [-0.15, -0.1) is 0 Å². The summed E-state index contributed by atoms with van der Waals surface area (Å²) in [4.78, 5) is 12.5. The van der Waals surface area contributed by atoms with Crippen molar-refractivity contribution in [2.45, 2.75) is 6.92 Å². The lowest BCUT2D eigenvalue weighted by Gasteiger charge is -1.91. The minimum atomic E-state index is 0.923. The molecule has 2 aromatic heterocycles. The maximum absolute atomic E-state index is 4.27. The van der Waals surface area contributed by atoms with Crippen LogP contribution in [-0.4, -0.2) is 16.2 Å². The maximum Gasteiger partial charge on any atom is 0.135 e. The first kappa shape index (κ1) is 9.02. The number of thiazole rings is 1. The van der Waals surface area contributed by atoms with E-state index in [1.54, 1.807) is 36.1 Å². The average Bonchev–Trinajstić information content (AvgIpc) is 2.68. The molecule has 14 heavy (non-hydrogen) atoms. The Labute approximate surface area is 86.2 Å². The Kier molecular flexibility index (Phi) is 2.65. The molecule has 70 valence electrons. The van der Waals surface area contributed by atoms with Crippen molar-refractivity contribution in [1.82, 2.24) is 9.97 Å². The van der Waals surface area contributed by atoms with E-state index in [0.29, 0.717) is 0 Å². The Morgan fingerprint density at radius 2 is 2.36 bits per heavy atom. The Bertz CT molecular complexity index is 434. The van der Waals surface area contributed by atoms with E-state index in [1.807, 2.05) is 19.1 Å². The van der Waals surface area contributed by atoms with E-state index >= 15 is 0 Å². The highest BCUT2D eigenvalue weighted by Crippen LogP contribution is 2.29. The topological polar surface area (TPSA) is 38.1 Å². The quantitative estimate of drug-likeness (QED) is 0.704. The van der Waals surface area contributed by atoms with Crippen molar-refractivity contribution in [3.63, 3.8) is 0 Å². The van der Waals surface area contributed by atoms with Gasteiger partial charge >= 0.3 is 0 Å². The van der Waals surface area contributed by atoms with Crippen LogP contribution in [0.1, 0.15) is 6.92 Å². The van der Waals surface area contributed by atoms with Crippen LogP contribution >= 0.6 is 11.3 Å². The van der Waals surface area contributed by atoms with Gasteiger partial charge in [0.1, 0.15) is 10.0 Å². The number of hydrogen-bond donors (Lipinski definition) is 0. The Balaban J connectivity index is 2.34. The molecule has 0 spiro atoms. The number of pyridine rings is 1. The van der Waals surface area contributed by atoms with Gasteiger partial charge in [0.05, 0.1) is 6.20 Å². The third-order valence-electron chi connectivity index (χ3n) is 1.66. The van der Waals surface area contributed by atoms with Gasteiger partial charge in [0.15, 0.2) is 0 Å². The van der Waals surface area contributed by atoms with Crippen LogP contribution in [0.5, 0.6) is 0 Å². The standard InChI is InChI=1S/C10H9N3S/c1-2-12-9-7-13-10(14-9)8-4-3-5-11-6-8/h2-7H,1H3. The zero-order valence-corrected chi connectivity index (χ0v) is 8.53. The van der Waals surface area contributed by atoms with E-state index in [2.05, 4.69) is 15.0 Å². The fourth-order valence-corrected chi connectivity index (χ4v) is 1.88. The zero-order valence-electron chi connectivity index (χ0n) is 7.71. The van der Waals surface area contributed by atoms with E-state index in [1.165, 1.54) is 0 Å². The largest absolute Gasteiger partial charge is 0.264 e. The lowest BCUT2D eigenvalue weighted by atomic mass is 10.3. The average molecular weight is 203 g/mol. The van der Waals surface area contributed by atoms with Gasteiger partial charge in [0, 0.05) is 24.2 Å². The van der Waals surface area contributed by atoms with Gasteiger partial charge in [0.2, 0.25) is 0 Å². The first-order valence-corrected chi connectivity index (χ1v) is 5.06. The molecular formula is C10H9N3S. The van der Waals surface area contributed by atoms with Gasteiger partial charge in [-0.1, -0.05) is 11.3 Å². The highest BCUT2D eigenvalue weighted by Gasteiger charge is 2.02. The van der Waals surface area contributed by atoms with Crippen molar-refractivity contribution in [3.05, 3.63) is 30.7 Å². The molecule has 0 amide bonds. The summed E-state index contributed by atoms with van der Waals surface area (Å²) in [7, 11) is 0. The molecular weight excluding hydrogens is 194 g/mol. The number of hydrogen-bond acceptors (Lipinski definition) is 4. The van der Waals surface area contributed by atoms with Gasteiger partial charge in [0.25, 0.3) is 0 Å². The molecule has 0 fully saturated rings. The fraction of sp³-hybridized carbons (Fsp3) is 0.100. The predicted molar refractivity (Wildman–Crippen MR) is 59.2 cm³/mol. The summed E-state index contributed by atoms with van der Waals surface area (Å²) in [6, 6.07) is 3.89. The van der Waals surface area contributed by atoms with Crippen LogP contribution in [0.25, 0.3) is 10.6 Å². The van der Waals surface area contributed by atoms with Crippen molar-refractivity contribution < 1.29 is 0 Å². The van der Waals surface area contributed by atoms with Crippen LogP contribution in [0.15, 0.2) is 35.7 Å². The molecule has 0 aliphatic carbocycles. The normalized spacial score (nSPS) is 10.9. The minimum Gasteiger partial charge on any atom is -0.264 e. The highest BCUT2D eigenvalue weighted by atomic mass is 32.1. The van der Waals surface area contributed by atoms with Crippen molar-refractivity contribution in [2.75, 3.05) is 0 Å². The molecule has 0 atom stereocenters. The van der Waals surface area contributed by atoms with E-state index in [-0.39, 0.29) is 0 Å². The second kappa shape index (κ2) is 4.11. The molecule has 0 saturated heterocycles. The van der Waals surface area contributed by atoms with Gasteiger partial charge in [-0.05, 0) is 19.1 Å². The third-order valence-corrected chi connectivity index (χ3v) is 2.61. The maximum atomic E-state index is 4.27. The van der Waals surface area contributed by atoms with Gasteiger partial charge in [-0.2, -0.15) is 0 Å². The van der Waals surface area contributed by atoms with Crippen LogP contribution in [0.3, 0.4) is 0 Å². The second-order valence-corrected chi connectivity index (χ2v) is 3.64. The molecule has 2 heterocycles. The highest BCUT2D eigenvalue weighted by molar-refractivity contribution is 7.18. The van der Waals surface area contributed by atoms with Gasteiger partial charge in [-0.3, -0.25) is 4.98 Å². The summed E-state index contributed by atoms with van der Waals surface area (Å²) in [5, 5.41) is 1.88. The van der Waals surface area contributed by atoms with E-state index in [0.717, 1.165) is 15.6 Å². The van der Waals surface area contributed by atoms with E-state index < -0.39 is 0 Å². The van der Waals surface area contributed by atoms with Crippen molar-refractivity contribution in [1.29, 1.82) is 0 Å². The number of rotatable bonds is 2. The van der Waals surface area contributed by atoms with Crippen molar-refractivity contribution in [3.8, 4) is 10.6 Å². The molecule has 3 nitrogen and oxygen atoms in total. The Hall–Kier alpha value is -1.55. The predicted octanol–water partition coefficient (Wildman–Crippen LogP) is 2.93. The first-order valence-electron chi connectivity index (χ1n) is 4.25. The van der Waals surface area contributed by atoms with E-state index in [4.69, 9.17) is 0 Å². The van der Waals surface area contributed by atoms with Crippen LogP contribution in [0.4, 0.5) is 5.00 Å². The molecule has 0 radical (unpaired) electrons. The SMILES string of the molecule is CC=Nc1cnc(-c2cccnc2)s1. The van der Waals surface area contributed by atoms with Gasteiger partial charge < -0.3 is 0 Å². The lowest BCUT2D eigenvalue weighted by Crippen LogP contribution is -1.75. The smallest absolute Gasteiger partial charge is 0.135 e. The number of aromatic nitrogens is 2. The molecule has 0 aliphatic rings. The molecule has 0 bridgehead atoms. The number of nitrogens with zero attached hydrogens (tertiary/aromatic N) is 3. The second-order valence-electron chi connectivity index (χ2n) is 2.63. The van der Waals surface area contributed by atoms with E-state index in [9.17, 15) is 0 Å². The first-order chi connectivity index (χ1) is 6.90. The Morgan fingerprint density at radius 3 is 3.07 bits per heavy atom. The molecule has 0 saturated carbocycles. The summed E-state index contributed by atoms with van der Waals surface area (Å²) in [6.45, 7) is 1.89. The molecule has 0 unspecified atom stereocenters. The summed E-state index contributed by atoms with van der Waals surface area (Å²) >= 11 is 1.56. The molecule has 2 rings (SSSR count). The number of aliphatic imine (C=N–C) groups is 1. The van der Waals surface area contributed by atoms with Gasteiger partial charge in [-0.25, -0.2) is 9.98 Å². The Morgan fingerprint density at radius 1 is 1.43 bits per heavy atom. The van der Waals surface area contributed by atoms with Crippen LogP contribution in [0, 0.1) is 0 Å². The summed E-state index contributed by atoms with van der Waals surface area (Å²) in [6.07, 6.45) is 7.09. The molecule has 2 aromatic rings. The lowest BCUT2D eigenvalue weighted by molar-refractivity contribution is 1.31. The summed E-state index contributed by atoms with van der Waals surface area (Å²) < 4.78 is 0. The minimum absolute atomic E-state index is 0.923. The summed E-state index contributed by atoms with van der Waals surface area (Å²) in [5.74, 6) is 0. The van der Waals surface area contributed by atoms with Crippen LogP contribution < -0.4 is 0 Å². The van der Waals surface area contributed by atoms with Crippen LogP contribution in [0.2, 0.25) is 0 Å². The third kappa shape index (κ3) is 1.85. The van der Waals surface area contributed by atoms with Crippen molar-refractivity contribution in [2.24, 2.45) is 4.99 Å². The molecule has 0 aromatic carbocycles.